The molecule has 2 rings (SSSR count). The third kappa shape index (κ3) is 4.24. The summed E-state index contributed by atoms with van der Waals surface area (Å²) >= 11 is 0. The van der Waals surface area contributed by atoms with E-state index < -0.39 is 0 Å². The van der Waals surface area contributed by atoms with Crippen LogP contribution in [-0.4, -0.2) is 18.7 Å². The first kappa shape index (κ1) is 14.4. The van der Waals surface area contributed by atoms with E-state index >= 15 is 0 Å². The van der Waals surface area contributed by atoms with Gasteiger partial charge in [0, 0.05) is 6.04 Å². The summed E-state index contributed by atoms with van der Waals surface area (Å²) in [4.78, 5) is 0. The van der Waals surface area contributed by atoms with Crippen molar-refractivity contribution in [1.82, 2.24) is 5.32 Å². The molecular formula is C17H27NO. The fourth-order valence-electron chi connectivity index (χ4n) is 2.87. The summed E-state index contributed by atoms with van der Waals surface area (Å²) < 4.78 is 6.18. The number of ether oxygens (including phenoxy) is 1. The fourth-order valence-corrected chi connectivity index (χ4v) is 2.87. The number of benzene rings is 1. The maximum atomic E-state index is 6.18. The average molecular weight is 261 g/mol. The Morgan fingerprint density at radius 1 is 1.32 bits per heavy atom. The topological polar surface area (TPSA) is 21.3 Å². The zero-order valence-electron chi connectivity index (χ0n) is 12.5. The molecule has 0 saturated heterocycles. The highest BCUT2D eigenvalue weighted by Crippen LogP contribution is 2.26. The summed E-state index contributed by atoms with van der Waals surface area (Å²) in [6.45, 7) is 7.68. The predicted molar refractivity (Wildman–Crippen MR) is 80.9 cm³/mol. The molecule has 0 aliphatic heterocycles. The van der Waals surface area contributed by atoms with Crippen LogP contribution in [-0.2, 0) is 0 Å². The highest BCUT2D eigenvalue weighted by Gasteiger charge is 2.22. The van der Waals surface area contributed by atoms with Gasteiger partial charge >= 0.3 is 0 Å². The van der Waals surface area contributed by atoms with Crippen molar-refractivity contribution in [2.75, 3.05) is 6.54 Å². The highest BCUT2D eigenvalue weighted by molar-refractivity contribution is 5.30. The zero-order valence-corrected chi connectivity index (χ0v) is 12.5. The molecule has 1 N–H and O–H groups in total. The van der Waals surface area contributed by atoms with Gasteiger partial charge in [0.2, 0.25) is 0 Å². The standard InChI is InChI=1S/C17H27NO/c1-4-18-15-8-6-10-17(12-15)19-16-9-5-7-14(11-16)13(2)3/h5,7,9,11,13,15,17-18H,4,6,8,10,12H2,1-3H3. The molecule has 2 atom stereocenters. The van der Waals surface area contributed by atoms with Crippen molar-refractivity contribution in [1.29, 1.82) is 0 Å². The summed E-state index contributed by atoms with van der Waals surface area (Å²) in [6.07, 6.45) is 5.26. The van der Waals surface area contributed by atoms with Crippen LogP contribution in [0.2, 0.25) is 0 Å². The van der Waals surface area contributed by atoms with Gasteiger partial charge in [0.05, 0.1) is 0 Å². The molecule has 2 heteroatoms. The van der Waals surface area contributed by atoms with Gasteiger partial charge in [-0.3, -0.25) is 0 Å². The Labute approximate surface area is 117 Å². The van der Waals surface area contributed by atoms with Crippen LogP contribution in [0.25, 0.3) is 0 Å². The normalized spacial score (nSPS) is 23.6. The van der Waals surface area contributed by atoms with Gasteiger partial charge in [-0.1, -0.05) is 32.9 Å². The van der Waals surface area contributed by atoms with Gasteiger partial charge in [0.1, 0.15) is 11.9 Å². The quantitative estimate of drug-likeness (QED) is 0.861. The molecule has 106 valence electrons. The average Bonchev–Trinajstić information content (AvgIpc) is 2.40. The molecule has 1 aromatic rings. The Morgan fingerprint density at radius 3 is 2.89 bits per heavy atom. The van der Waals surface area contributed by atoms with Gasteiger partial charge in [-0.25, -0.2) is 0 Å². The third-order valence-electron chi connectivity index (χ3n) is 3.95. The Hall–Kier alpha value is -1.02. The first-order valence-electron chi connectivity index (χ1n) is 7.69. The van der Waals surface area contributed by atoms with Gasteiger partial charge in [-0.15, -0.1) is 0 Å². The first-order valence-corrected chi connectivity index (χ1v) is 7.69. The number of rotatable bonds is 5. The van der Waals surface area contributed by atoms with Crippen LogP contribution in [0.3, 0.4) is 0 Å². The van der Waals surface area contributed by atoms with E-state index in [1.807, 2.05) is 0 Å². The van der Waals surface area contributed by atoms with E-state index in [0.717, 1.165) is 18.7 Å². The molecular weight excluding hydrogens is 234 g/mol. The van der Waals surface area contributed by atoms with Crippen molar-refractivity contribution in [2.45, 2.75) is 64.5 Å². The number of hydrogen-bond donors (Lipinski definition) is 1. The van der Waals surface area contributed by atoms with Gasteiger partial charge in [0.25, 0.3) is 0 Å². The second kappa shape index (κ2) is 6.95. The minimum Gasteiger partial charge on any atom is -0.490 e. The molecule has 19 heavy (non-hydrogen) atoms. The Kier molecular flexibility index (Phi) is 5.26. The first-order chi connectivity index (χ1) is 9.19. The van der Waals surface area contributed by atoms with Crippen LogP contribution in [0.4, 0.5) is 0 Å². The summed E-state index contributed by atoms with van der Waals surface area (Å²) in [5.41, 5.74) is 1.36. The molecule has 0 aromatic heterocycles. The highest BCUT2D eigenvalue weighted by atomic mass is 16.5. The Bertz CT molecular complexity index is 387. The molecule has 1 aromatic carbocycles. The number of nitrogens with one attached hydrogen (secondary N) is 1. The van der Waals surface area contributed by atoms with E-state index in [1.165, 1.54) is 24.8 Å². The van der Waals surface area contributed by atoms with Crippen molar-refractivity contribution in [3.05, 3.63) is 29.8 Å². The van der Waals surface area contributed by atoms with Gasteiger partial charge in [0.15, 0.2) is 0 Å². The van der Waals surface area contributed by atoms with E-state index in [4.69, 9.17) is 4.74 Å². The molecule has 0 bridgehead atoms. The zero-order chi connectivity index (χ0) is 13.7. The molecule has 0 spiro atoms. The second-order valence-corrected chi connectivity index (χ2v) is 5.89. The molecule has 1 saturated carbocycles. The lowest BCUT2D eigenvalue weighted by atomic mass is 9.92. The molecule has 1 fully saturated rings. The maximum Gasteiger partial charge on any atom is 0.120 e. The van der Waals surface area contributed by atoms with Gasteiger partial charge < -0.3 is 10.1 Å². The lowest BCUT2D eigenvalue weighted by molar-refractivity contribution is 0.135. The summed E-state index contributed by atoms with van der Waals surface area (Å²) in [5, 5.41) is 3.55. The number of hydrogen-bond acceptors (Lipinski definition) is 2. The predicted octanol–water partition coefficient (Wildman–Crippen LogP) is 4.11. The van der Waals surface area contributed by atoms with Crippen molar-refractivity contribution in [3.8, 4) is 5.75 Å². The van der Waals surface area contributed by atoms with E-state index in [9.17, 15) is 0 Å². The largest absolute Gasteiger partial charge is 0.490 e. The van der Waals surface area contributed by atoms with E-state index in [0.29, 0.717) is 18.1 Å². The molecule has 2 nitrogen and oxygen atoms in total. The molecule has 0 heterocycles. The van der Waals surface area contributed by atoms with Crippen LogP contribution in [0.1, 0.15) is 57.9 Å². The summed E-state index contributed by atoms with van der Waals surface area (Å²) in [6, 6.07) is 9.20. The molecule has 2 unspecified atom stereocenters. The lowest BCUT2D eigenvalue weighted by Gasteiger charge is -2.30. The third-order valence-corrected chi connectivity index (χ3v) is 3.95. The maximum absolute atomic E-state index is 6.18. The van der Waals surface area contributed by atoms with Gasteiger partial charge in [-0.2, -0.15) is 0 Å². The Balaban J connectivity index is 1.94. The smallest absolute Gasteiger partial charge is 0.120 e. The monoisotopic (exact) mass is 261 g/mol. The minimum atomic E-state index is 0.375. The van der Waals surface area contributed by atoms with Crippen LogP contribution >= 0.6 is 0 Å². The fraction of sp³-hybridized carbons (Fsp3) is 0.647. The van der Waals surface area contributed by atoms with Crippen LogP contribution in [0.5, 0.6) is 5.75 Å². The van der Waals surface area contributed by atoms with Crippen LogP contribution < -0.4 is 10.1 Å². The molecule has 0 radical (unpaired) electrons. The Morgan fingerprint density at radius 2 is 2.16 bits per heavy atom. The van der Waals surface area contributed by atoms with Crippen LogP contribution in [0, 0.1) is 0 Å². The molecule has 0 amide bonds. The lowest BCUT2D eigenvalue weighted by Crippen LogP contribution is -2.37. The second-order valence-electron chi connectivity index (χ2n) is 5.89. The van der Waals surface area contributed by atoms with E-state index in [1.54, 1.807) is 0 Å². The summed E-state index contributed by atoms with van der Waals surface area (Å²) in [7, 11) is 0. The van der Waals surface area contributed by atoms with Crippen molar-refractivity contribution in [3.63, 3.8) is 0 Å². The minimum absolute atomic E-state index is 0.375. The van der Waals surface area contributed by atoms with Gasteiger partial charge in [-0.05, 0) is 55.8 Å². The van der Waals surface area contributed by atoms with Crippen molar-refractivity contribution >= 4 is 0 Å². The van der Waals surface area contributed by atoms with Crippen molar-refractivity contribution < 1.29 is 4.74 Å². The van der Waals surface area contributed by atoms with Crippen molar-refractivity contribution in [2.24, 2.45) is 0 Å². The van der Waals surface area contributed by atoms with Crippen LogP contribution in [0.15, 0.2) is 24.3 Å². The van der Waals surface area contributed by atoms with E-state index in [-0.39, 0.29) is 0 Å². The molecule has 1 aliphatic rings. The summed E-state index contributed by atoms with van der Waals surface area (Å²) in [5.74, 6) is 1.60. The SMILES string of the molecule is CCNC1CCCC(Oc2cccc(C(C)C)c2)C1. The van der Waals surface area contributed by atoms with E-state index in [2.05, 4.69) is 50.4 Å². The molecule has 1 aliphatic carbocycles.